The standard InChI is InChI=1S/C26H31N7O2/c1-16(2)33-15-21-23(25(33)35)29-26(32-11-9-31(10-12-32)18(4)34)30-24(21)27-14-20-13-19-7-5-6-8-22(19)28-17(20)3/h5-8,13,15-16,35H,9-12,14H2,1-4H3,(H,27,29,30). The van der Waals surface area contributed by atoms with Gasteiger partial charge in [0.2, 0.25) is 17.7 Å². The van der Waals surface area contributed by atoms with Crippen LogP contribution in [-0.2, 0) is 11.3 Å². The molecular formula is C26H31N7O2. The van der Waals surface area contributed by atoms with Crippen LogP contribution in [0, 0.1) is 6.92 Å². The highest BCUT2D eigenvalue weighted by molar-refractivity contribution is 5.94. The summed E-state index contributed by atoms with van der Waals surface area (Å²) in [6, 6.07) is 10.3. The fourth-order valence-corrected chi connectivity index (χ4v) is 4.58. The molecule has 1 amide bonds. The Morgan fingerprint density at radius 3 is 2.57 bits per heavy atom. The Bertz CT molecular complexity index is 1400. The molecule has 4 aromatic rings. The summed E-state index contributed by atoms with van der Waals surface area (Å²) in [6.07, 6.45) is 1.90. The predicted octanol–water partition coefficient (Wildman–Crippen LogP) is 3.86. The molecule has 1 aliphatic rings. The first-order valence-electron chi connectivity index (χ1n) is 12.0. The van der Waals surface area contributed by atoms with Crippen molar-refractivity contribution in [1.82, 2.24) is 24.4 Å². The molecule has 182 valence electrons. The summed E-state index contributed by atoms with van der Waals surface area (Å²) in [5, 5.41) is 16.3. The number of amides is 1. The van der Waals surface area contributed by atoms with Crippen molar-refractivity contribution in [3.8, 4) is 5.88 Å². The molecule has 35 heavy (non-hydrogen) atoms. The van der Waals surface area contributed by atoms with Gasteiger partial charge in [-0.05, 0) is 38.5 Å². The van der Waals surface area contributed by atoms with Gasteiger partial charge in [-0.15, -0.1) is 0 Å². The molecule has 1 fully saturated rings. The molecule has 0 bridgehead atoms. The number of benzene rings is 1. The molecule has 0 saturated carbocycles. The Morgan fingerprint density at radius 1 is 1.11 bits per heavy atom. The summed E-state index contributed by atoms with van der Waals surface area (Å²) >= 11 is 0. The van der Waals surface area contributed by atoms with Gasteiger partial charge in [0.1, 0.15) is 11.3 Å². The summed E-state index contributed by atoms with van der Waals surface area (Å²) in [5.41, 5.74) is 3.54. The van der Waals surface area contributed by atoms with E-state index in [4.69, 9.17) is 15.0 Å². The monoisotopic (exact) mass is 473 g/mol. The molecule has 4 heterocycles. The van der Waals surface area contributed by atoms with Crippen LogP contribution in [0.5, 0.6) is 5.88 Å². The average Bonchev–Trinajstić information content (AvgIpc) is 3.19. The van der Waals surface area contributed by atoms with Gasteiger partial charge in [-0.25, -0.2) is 4.98 Å². The van der Waals surface area contributed by atoms with Crippen molar-refractivity contribution >= 4 is 39.5 Å². The van der Waals surface area contributed by atoms with Gasteiger partial charge in [-0.1, -0.05) is 18.2 Å². The quantitative estimate of drug-likeness (QED) is 0.454. The summed E-state index contributed by atoms with van der Waals surface area (Å²) in [5.74, 6) is 1.43. The van der Waals surface area contributed by atoms with Crippen molar-refractivity contribution < 1.29 is 9.90 Å². The zero-order valence-corrected chi connectivity index (χ0v) is 20.6. The second kappa shape index (κ2) is 9.05. The maximum absolute atomic E-state index is 11.7. The lowest BCUT2D eigenvalue weighted by Gasteiger charge is -2.34. The summed E-state index contributed by atoms with van der Waals surface area (Å²) in [7, 11) is 0. The number of aromatic nitrogens is 4. The summed E-state index contributed by atoms with van der Waals surface area (Å²) in [4.78, 5) is 30.0. The van der Waals surface area contributed by atoms with Crippen LogP contribution in [0.4, 0.5) is 11.8 Å². The first-order chi connectivity index (χ1) is 16.8. The van der Waals surface area contributed by atoms with E-state index in [1.807, 2.05) is 54.6 Å². The Kier molecular flexibility index (Phi) is 5.92. The maximum Gasteiger partial charge on any atom is 0.228 e. The van der Waals surface area contributed by atoms with Crippen LogP contribution >= 0.6 is 0 Å². The van der Waals surface area contributed by atoms with Gasteiger partial charge in [0.25, 0.3) is 0 Å². The van der Waals surface area contributed by atoms with Crippen LogP contribution in [0.25, 0.3) is 21.8 Å². The van der Waals surface area contributed by atoms with Crippen LogP contribution in [0.1, 0.15) is 38.1 Å². The number of carbonyl (C=O) groups excluding carboxylic acids is 1. The van der Waals surface area contributed by atoms with Crippen molar-refractivity contribution in [3.05, 3.63) is 47.8 Å². The minimum absolute atomic E-state index is 0.0755. The van der Waals surface area contributed by atoms with Gasteiger partial charge in [0.05, 0.1) is 10.9 Å². The van der Waals surface area contributed by atoms with Crippen LogP contribution in [0.15, 0.2) is 36.5 Å². The second-order valence-electron chi connectivity index (χ2n) is 9.36. The normalized spacial score (nSPS) is 14.3. The first-order valence-corrected chi connectivity index (χ1v) is 12.0. The third kappa shape index (κ3) is 4.34. The number of aryl methyl sites for hydroxylation is 1. The molecule has 9 nitrogen and oxygen atoms in total. The molecule has 3 aromatic heterocycles. The summed E-state index contributed by atoms with van der Waals surface area (Å²) < 4.78 is 1.81. The van der Waals surface area contributed by atoms with Crippen molar-refractivity contribution in [2.45, 2.75) is 40.3 Å². The highest BCUT2D eigenvalue weighted by Gasteiger charge is 2.24. The Labute approximate surface area is 204 Å². The van der Waals surface area contributed by atoms with Crippen molar-refractivity contribution in [2.75, 3.05) is 36.4 Å². The molecule has 5 rings (SSSR count). The zero-order chi connectivity index (χ0) is 24.7. The number of nitrogens with one attached hydrogen (secondary N) is 1. The third-order valence-corrected chi connectivity index (χ3v) is 6.69. The number of hydrogen-bond donors (Lipinski definition) is 2. The lowest BCUT2D eigenvalue weighted by atomic mass is 10.1. The number of piperazine rings is 1. The molecule has 9 heteroatoms. The molecule has 0 atom stereocenters. The van der Waals surface area contributed by atoms with E-state index >= 15 is 0 Å². The van der Waals surface area contributed by atoms with E-state index in [0.717, 1.165) is 27.5 Å². The number of rotatable bonds is 5. The van der Waals surface area contributed by atoms with Gasteiger partial charge >= 0.3 is 0 Å². The van der Waals surface area contributed by atoms with Crippen molar-refractivity contribution in [2.24, 2.45) is 0 Å². The van der Waals surface area contributed by atoms with Gasteiger partial charge in [0.15, 0.2) is 0 Å². The number of anilines is 2. The smallest absolute Gasteiger partial charge is 0.228 e. The number of aromatic hydroxyl groups is 1. The van der Waals surface area contributed by atoms with E-state index in [1.54, 1.807) is 6.92 Å². The molecule has 0 unspecified atom stereocenters. The first kappa shape index (κ1) is 22.9. The van der Waals surface area contributed by atoms with Gasteiger partial charge in [-0.2, -0.15) is 4.98 Å². The van der Waals surface area contributed by atoms with Gasteiger partial charge in [0, 0.05) is 63.0 Å². The summed E-state index contributed by atoms with van der Waals surface area (Å²) in [6.45, 7) is 10.7. The second-order valence-corrected chi connectivity index (χ2v) is 9.36. The van der Waals surface area contributed by atoms with Gasteiger partial charge in [-0.3, -0.25) is 9.78 Å². The SMILES string of the molecule is CC(=O)N1CCN(c2nc(NCc3cc4ccccc4nc3C)c3cn(C(C)C)c(O)c3n2)CC1. The van der Waals surface area contributed by atoms with E-state index in [1.165, 1.54) is 0 Å². The van der Waals surface area contributed by atoms with E-state index < -0.39 is 0 Å². The Morgan fingerprint density at radius 2 is 1.86 bits per heavy atom. The lowest BCUT2D eigenvalue weighted by Crippen LogP contribution is -2.48. The molecule has 1 aromatic carbocycles. The van der Waals surface area contributed by atoms with Crippen LogP contribution < -0.4 is 10.2 Å². The van der Waals surface area contributed by atoms with E-state index in [9.17, 15) is 9.90 Å². The van der Waals surface area contributed by atoms with E-state index in [0.29, 0.717) is 50.0 Å². The molecule has 0 radical (unpaired) electrons. The number of pyridine rings is 1. The number of nitrogens with zero attached hydrogens (tertiary/aromatic N) is 6. The van der Waals surface area contributed by atoms with Crippen LogP contribution in [0.3, 0.4) is 0 Å². The molecule has 2 N–H and O–H groups in total. The molecule has 1 aliphatic heterocycles. The highest BCUT2D eigenvalue weighted by Crippen LogP contribution is 2.34. The topological polar surface area (TPSA) is 99.4 Å². The molecule has 0 aliphatic carbocycles. The average molecular weight is 474 g/mol. The van der Waals surface area contributed by atoms with Crippen LogP contribution in [0.2, 0.25) is 0 Å². The Hall–Kier alpha value is -3.88. The van der Waals surface area contributed by atoms with Crippen molar-refractivity contribution in [3.63, 3.8) is 0 Å². The number of fused-ring (bicyclic) bond motifs is 2. The number of para-hydroxylation sites is 1. The van der Waals surface area contributed by atoms with E-state index in [-0.39, 0.29) is 17.8 Å². The zero-order valence-electron chi connectivity index (χ0n) is 20.6. The third-order valence-electron chi connectivity index (χ3n) is 6.69. The van der Waals surface area contributed by atoms with Gasteiger partial charge < -0.3 is 24.8 Å². The fraction of sp³-hybridized carbons (Fsp3) is 0.385. The van der Waals surface area contributed by atoms with Crippen molar-refractivity contribution in [1.29, 1.82) is 0 Å². The molecule has 1 saturated heterocycles. The minimum Gasteiger partial charge on any atom is -0.493 e. The lowest BCUT2D eigenvalue weighted by molar-refractivity contribution is -0.129. The minimum atomic E-state index is 0.0755. The largest absolute Gasteiger partial charge is 0.493 e. The predicted molar refractivity (Wildman–Crippen MR) is 138 cm³/mol. The fourth-order valence-electron chi connectivity index (χ4n) is 4.58. The Balaban J connectivity index is 1.50. The van der Waals surface area contributed by atoms with E-state index in [2.05, 4.69) is 22.3 Å². The maximum atomic E-state index is 11.7. The highest BCUT2D eigenvalue weighted by atomic mass is 16.3. The number of carbonyl (C=O) groups is 1. The number of hydrogen-bond acceptors (Lipinski definition) is 7. The van der Waals surface area contributed by atoms with Crippen LogP contribution in [-0.4, -0.2) is 61.6 Å². The molecular weight excluding hydrogens is 442 g/mol. The molecule has 0 spiro atoms.